The highest BCUT2D eigenvalue weighted by Crippen LogP contribution is 2.52. The van der Waals surface area contributed by atoms with E-state index in [1.54, 1.807) is 17.5 Å². The standard InChI is InChI=1S/C31H34N8S/c1-16(2)25-26-19(5)28(20-8-21-10-32-11-22(21)9-20)40-31(26)39(24-7-18(4)30-34-15-36-38(30)13-24)27(25)23-6-17(3)29-33-14-35-37(29)12-23/h6-7,12-16,20-22,32H,8-11H2,1-5H3/t20?,21-,22+. The molecule has 8 rings (SSSR count). The highest BCUT2D eigenvalue weighted by molar-refractivity contribution is 7.19. The zero-order valence-electron chi connectivity index (χ0n) is 23.6. The Bertz CT molecular complexity index is 1920. The van der Waals surface area contributed by atoms with Crippen LogP contribution in [-0.2, 0) is 0 Å². The van der Waals surface area contributed by atoms with Crippen molar-refractivity contribution in [3.05, 3.63) is 64.3 Å². The molecule has 8 nitrogen and oxygen atoms in total. The van der Waals surface area contributed by atoms with E-state index in [4.69, 9.17) is 0 Å². The molecule has 1 aliphatic heterocycles. The number of aromatic nitrogens is 7. The topological polar surface area (TPSA) is 77.3 Å². The summed E-state index contributed by atoms with van der Waals surface area (Å²) >= 11 is 2.01. The molecule has 3 atom stereocenters. The van der Waals surface area contributed by atoms with Crippen molar-refractivity contribution >= 4 is 32.8 Å². The van der Waals surface area contributed by atoms with Crippen LogP contribution in [0, 0.1) is 32.6 Å². The van der Waals surface area contributed by atoms with Gasteiger partial charge in [-0.2, -0.15) is 10.2 Å². The van der Waals surface area contributed by atoms with E-state index in [9.17, 15) is 0 Å². The number of fused-ring (bicyclic) bond motifs is 4. The fourth-order valence-corrected chi connectivity index (χ4v) is 9.09. The van der Waals surface area contributed by atoms with Gasteiger partial charge in [-0.1, -0.05) is 13.8 Å². The van der Waals surface area contributed by atoms with E-state index in [1.807, 2.05) is 20.4 Å². The molecule has 2 aliphatic rings. The second-order valence-electron chi connectivity index (χ2n) is 12.2. The van der Waals surface area contributed by atoms with Gasteiger partial charge in [-0.3, -0.25) is 4.57 Å². The molecule has 0 amide bonds. The monoisotopic (exact) mass is 550 g/mol. The number of nitrogens with one attached hydrogen (secondary N) is 1. The molecule has 0 aromatic carbocycles. The highest BCUT2D eigenvalue weighted by Gasteiger charge is 2.40. The van der Waals surface area contributed by atoms with E-state index in [0.717, 1.165) is 45.5 Å². The molecule has 0 bridgehead atoms. The van der Waals surface area contributed by atoms with Crippen LogP contribution in [0.1, 0.15) is 65.7 Å². The second-order valence-corrected chi connectivity index (χ2v) is 13.3. The summed E-state index contributed by atoms with van der Waals surface area (Å²) in [7, 11) is 0. The molecule has 0 radical (unpaired) electrons. The first-order valence-corrected chi connectivity index (χ1v) is 15.2. The van der Waals surface area contributed by atoms with Crippen LogP contribution in [0.15, 0.2) is 37.2 Å². The van der Waals surface area contributed by atoms with Crippen LogP contribution in [0.3, 0.4) is 0 Å². The Labute approximate surface area is 237 Å². The molecule has 1 saturated heterocycles. The second kappa shape index (κ2) is 8.72. The Kier molecular flexibility index (Phi) is 5.29. The average Bonchev–Trinajstić information content (AvgIpc) is 3.73. The van der Waals surface area contributed by atoms with Crippen LogP contribution >= 0.6 is 11.3 Å². The summed E-state index contributed by atoms with van der Waals surface area (Å²) in [6.07, 6.45) is 10.1. The molecule has 6 aromatic rings. The number of hydrogen-bond donors (Lipinski definition) is 1. The minimum absolute atomic E-state index is 0.343. The Morgan fingerprint density at radius 1 is 0.900 bits per heavy atom. The van der Waals surface area contributed by atoms with E-state index < -0.39 is 0 Å². The Morgan fingerprint density at radius 3 is 2.23 bits per heavy atom. The summed E-state index contributed by atoms with van der Waals surface area (Å²) in [5.74, 6) is 2.64. The summed E-state index contributed by atoms with van der Waals surface area (Å²) in [5.41, 5.74) is 10.4. The van der Waals surface area contributed by atoms with Crippen molar-refractivity contribution in [1.82, 2.24) is 39.1 Å². The molecule has 1 aliphatic carbocycles. The number of nitrogens with zero attached hydrogens (tertiary/aromatic N) is 7. The molecule has 9 heteroatoms. The van der Waals surface area contributed by atoms with Gasteiger partial charge in [-0.25, -0.2) is 19.0 Å². The largest absolute Gasteiger partial charge is 0.316 e. The maximum absolute atomic E-state index is 4.52. The van der Waals surface area contributed by atoms with Crippen molar-refractivity contribution in [1.29, 1.82) is 0 Å². The normalized spacial score (nSPS) is 21.1. The predicted molar refractivity (Wildman–Crippen MR) is 160 cm³/mol. The minimum atomic E-state index is 0.343. The van der Waals surface area contributed by atoms with E-state index in [-0.39, 0.29) is 0 Å². The van der Waals surface area contributed by atoms with Crippen molar-refractivity contribution in [2.75, 3.05) is 13.1 Å². The average molecular weight is 551 g/mol. The van der Waals surface area contributed by atoms with Gasteiger partial charge in [0, 0.05) is 22.0 Å². The van der Waals surface area contributed by atoms with Crippen LogP contribution in [0.5, 0.6) is 0 Å². The lowest BCUT2D eigenvalue weighted by molar-refractivity contribution is 0.494. The van der Waals surface area contributed by atoms with Crippen LogP contribution in [0.25, 0.3) is 38.5 Å². The smallest absolute Gasteiger partial charge is 0.158 e. The van der Waals surface area contributed by atoms with Crippen LogP contribution in [0.2, 0.25) is 0 Å². The third-order valence-electron chi connectivity index (χ3n) is 9.35. The summed E-state index contributed by atoms with van der Waals surface area (Å²) in [4.78, 5) is 11.9. The highest BCUT2D eigenvalue weighted by atomic mass is 32.1. The Balaban J connectivity index is 1.44. The van der Waals surface area contributed by atoms with Gasteiger partial charge in [0.05, 0.1) is 17.6 Å². The SMILES string of the molecule is Cc1c(C2C[C@H]3CNC[C@H]3C2)sc2c1c(C(C)C)c(-c1cc(C)c3ncnn3c1)n2-c1cc(C)c2ncnn2c1. The first-order valence-electron chi connectivity index (χ1n) is 14.4. The number of rotatable bonds is 4. The van der Waals surface area contributed by atoms with Gasteiger partial charge in [-0.15, -0.1) is 11.3 Å². The van der Waals surface area contributed by atoms with E-state index in [1.165, 1.54) is 53.0 Å². The molecule has 1 unspecified atom stereocenters. The van der Waals surface area contributed by atoms with Gasteiger partial charge in [-0.05, 0) is 105 Å². The van der Waals surface area contributed by atoms with Gasteiger partial charge < -0.3 is 5.32 Å². The minimum Gasteiger partial charge on any atom is -0.316 e. The number of hydrogen-bond acceptors (Lipinski definition) is 6. The first-order chi connectivity index (χ1) is 19.4. The maximum atomic E-state index is 4.52. The Hall–Kier alpha value is -3.56. The predicted octanol–water partition coefficient (Wildman–Crippen LogP) is 6.21. The van der Waals surface area contributed by atoms with E-state index >= 15 is 0 Å². The van der Waals surface area contributed by atoms with Crippen LogP contribution in [0.4, 0.5) is 0 Å². The fourth-order valence-electron chi connectivity index (χ4n) is 7.61. The van der Waals surface area contributed by atoms with E-state index in [2.05, 4.69) is 89.2 Å². The fraction of sp³-hybridized carbons (Fsp3) is 0.419. The van der Waals surface area contributed by atoms with Gasteiger partial charge in [0.1, 0.15) is 17.5 Å². The third-order valence-corrected chi connectivity index (χ3v) is 10.8. The molecule has 1 saturated carbocycles. The van der Waals surface area contributed by atoms with Crippen LogP contribution < -0.4 is 5.32 Å². The van der Waals surface area contributed by atoms with Gasteiger partial charge >= 0.3 is 0 Å². The molecular formula is C31H34N8S. The van der Waals surface area contributed by atoms with Crippen molar-refractivity contribution in [3.63, 3.8) is 0 Å². The first kappa shape index (κ1) is 24.3. The summed E-state index contributed by atoms with van der Waals surface area (Å²) < 4.78 is 6.32. The lowest BCUT2D eigenvalue weighted by atomic mass is 9.93. The molecule has 0 spiro atoms. The lowest BCUT2D eigenvalue weighted by Gasteiger charge is -2.17. The van der Waals surface area contributed by atoms with Crippen molar-refractivity contribution in [2.45, 2.75) is 59.3 Å². The zero-order valence-corrected chi connectivity index (χ0v) is 24.5. The summed E-state index contributed by atoms with van der Waals surface area (Å²) in [5, 5.41) is 14.1. The maximum Gasteiger partial charge on any atom is 0.158 e. The molecule has 40 heavy (non-hydrogen) atoms. The van der Waals surface area contributed by atoms with Gasteiger partial charge in [0.15, 0.2) is 11.3 Å². The lowest BCUT2D eigenvalue weighted by Crippen LogP contribution is -2.11. The summed E-state index contributed by atoms with van der Waals surface area (Å²) in [6.45, 7) is 13.6. The molecular weight excluding hydrogens is 516 g/mol. The number of thiophene rings is 1. The number of pyridine rings is 2. The van der Waals surface area contributed by atoms with Gasteiger partial charge in [0.25, 0.3) is 0 Å². The van der Waals surface area contributed by atoms with Crippen LogP contribution in [-0.4, -0.2) is 46.9 Å². The van der Waals surface area contributed by atoms with Gasteiger partial charge in [0.2, 0.25) is 0 Å². The zero-order chi connectivity index (χ0) is 27.3. The molecule has 204 valence electrons. The molecule has 7 heterocycles. The van der Waals surface area contributed by atoms with E-state index in [0.29, 0.717) is 11.8 Å². The third kappa shape index (κ3) is 3.40. The quantitative estimate of drug-likeness (QED) is 0.283. The van der Waals surface area contributed by atoms with Crippen molar-refractivity contribution in [2.24, 2.45) is 11.8 Å². The molecule has 6 aromatic heterocycles. The van der Waals surface area contributed by atoms with Crippen molar-refractivity contribution in [3.8, 4) is 16.9 Å². The van der Waals surface area contributed by atoms with Crippen molar-refractivity contribution < 1.29 is 0 Å². The molecule has 1 N–H and O–H groups in total. The molecule has 2 fully saturated rings. The Morgan fingerprint density at radius 2 is 1.55 bits per heavy atom. The number of aryl methyl sites for hydroxylation is 3. The summed E-state index contributed by atoms with van der Waals surface area (Å²) in [6, 6.07) is 4.53.